The highest BCUT2D eigenvalue weighted by atomic mass is 79.9. The van der Waals surface area contributed by atoms with E-state index >= 15 is 0 Å². The van der Waals surface area contributed by atoms with Crippen LogP contribution in [0, 0.1) is 0 Å². The van der Waals surface area contributed by atoms with Crippen LogP contribution in [0.15, 0.2) is 27.4 Å². The van der Waals surface area contributed by atoms with Gasteiger partial charge in [0.2, 0.25) is 6.29 Å². The zero-order chi connectivity index (χ0) is 10.1. The monoisotopic (exact) mass is 313 g/mol. The van der Waals surface area contributed by atoms with Crippen LogP contribution in [-0.2, 0) is 4.79 Å². The maximum absolute atomic E-state index is 10.4. The topological polar surface area (TPSA) is 42.9 Å². The molecule has 69 valence electrons. The third-order valence-corrected chi connectivity index (χ3v) is 3.34. The van der Waals surface area contributed by atoms with E-state index in [1.165, 1.54) is 0 Å². The van der Waals surface area contributed by atoms with Crippen molar-refractivity contribution < 1.29 is 4.79 Å². The minimum atomic E-state index is 0.473. The first-order valence-electron chi connectivity index (χ1n) is 3.71. The van der Waals surface area contributed by atoms with Gasteiger partial charge in [0.05, 0.1) is 11.0 Å². The molecule has 0 saturated carbocycles. The van der Waals surface area contributed by atoms with Crippen LogP contribution >= 0.6 is 31.9 Å². The number of fused-ring (bicyclic) bond motifs is 1. The van der Waals surface area contributed by atoms with E-state index in [0.29, 0.717) is 20.3 Å². The Kier molecular flexibility index (Phi) is 2.60. The van der Waals surface area contributed by atoms with Crippen LogP contribution in [0.4, 0.5) is 0 Å². The normalized spacial score (nSPS) is 10.4. The van der Waals surface area contributed by atoms with Gasteiger partial charge in [-0.15, -0.1) is 0 Å². The molecule has 14 heavy (non-hydrogen) atoms. The van der Waals surface area contributed by atoms with E-state index in [-0.39, 0.29) is 0 Å². The molecule has 2 aromatic rings. The van der Waals surface area contributed by atoms with Gasteiger partial charge in [0.25, 0.3) is 0 Å². The molecular weight excluding hydrogens is 312 g/mol. The maximum atomic E-state index is 10.4. The minimum Gasteiger partial charge on any atom is -0.285 e. The second kappa shape index (κ2) is 3.74. The van der Waals surface area contributed by atoms with Gasteiger partial charge in [0.1, 0.15) is 9.21 Å². The lowest BCUT2D eigenvalue weighted by Gasteiger charge is -1.99. The lowest BCUT2D eigenvalue weighted by molar-refractivity contribution is 0.563. The lowest BCUT2D eigenvalue weighted by Crippen LogP contribution is -1.89. The Morgan fingerprint density at radius 1 is 1.07 bits per heavy atom. The molecule has 0 bridgehead atoms. The molecule has 0 aliphatic heterocycles. The van der Waals surface area contributed by atoms with E-state index in [1.54, 1.807) is 18.2 Å². The summed E-state index contributed by atoms with van der Waals surface area (Å²) in [5.74, 6) is 0. The van der Waals surface area contributed by atoms with Gasteiger partial charge in [0.15, 0.2) is 0 Å². The average molecular weight is 315 g/mol. The highest BCUT2D eigenvalue weighted by Crippen LogP contribution is 2.22. The zero-order valence-electron chi connectivity index (χ0n) is 6.79. The molecule has 2 rings (SSSR count). The molecule has 0 atom stereocenters. The molecule has 0 N–H and O–H groups in total. The molecule has 5 heteroatoms. The number of hydrogen-bond donors (Lipinski definition) is 0. The van der Waals surface area contributed by atoms with Gasteiger partial charge in [-0.2, -0.15) is 0 Å². The standard InChI is InChI=1S/C9H3Br2N2O/c10-8-9(11)13-7-3-5(4-14)1-2-6(7)12-8/h1-3H. The predicted molar refractivity (Wildman–Crippen MR) is 59.7 cm³/mol. The summed E-state index contributed by atoms with van der Waals surface area (Å²) in [5.41, 5.74) is 1.88. The van der Waals surface area contributed by atoms with Crippen LogP contribution < -0.4 is 0 Å². The molecule has 0 aliphatic carbocycles. The fraction of sp³-hybridized carbons (Fsp3) is 0. The number of nitrogens with zero attached hydrogens (tertiary/aromatic N) is 2. The van der Waals surface area contributed by atoms with Crippen LogP contribution in [0.5, 0.6) is 0 Å². The summed E-state index contributed by atoms with van der Waals surface area (Å²) >= 11 is 6.50. The first-order chi connectivity index (χ1) is 6.70. The Balaban J connectivity index is 2.76. The SMILES string of the molecule is O=[C]c1ccc2nc(Br)c(Br)nc2c1. The Hall–Kier alpha value is -0.810. The summed E-state index contributed by atoms with van der Waals surface area (Å²) in [6, 6.07) is 5.04. The Morgan fingerprint density at radius 2 is 1.71 bits per heavy atom. The Morgan fingerprint density at radius 3 is 2.36 bits per heavy atom. The van der Waals surface area contributed by atoms with Gasteiger partial charge in [-0.3, -0.25) is 4.79 Å². The van der Waals surface area contributed by atoms with Gasteiger partial charge >= 0.3 is 0 Å². The fourth-order valence-corrected chi connectivity index (χ4v) is 1.63. The summed E-state index contributed by atoms with van der Waals surface area (Å²) in [7, 11) is 0. The second-order valence-corrected chi connectivity index (χ2v) is 4.11. The highest BCUT2D eigenvalue weighted by molar-refractivity contribution is 9.13. The molecule has 0 aliphatic rings. The Bertz CT molecular complexity index is 513. The number of aromatic nitrogens is 2. The molecular formula is C9H3Br2N2O. The third-order valence-electron chi connectivity index (χ3n) is 1.70. The van der Waals surface area contributed by atoms with Crippen molar-refractivity contribution in [3.8, 4) is 0 Å². The first-order valence-corrected chi connectivity index (χ1v) is 5.30. The van der Waals surface area contributed by atoms with E-state index in [9.17, 15) is 4.79 Å². The molecule has 1 heterocycles. The summed E-state index contributed by atoms with van der Waals surface area (Å²) in [4.78, 5) is 18.8. The second-order valence-electron chi connectivity index (χ2n) is 2.61. The summed E-state index contributed by atoms with van der Waals surface area (Å²) in [6.07, 6.45) is 1.81. The number of rotatable bonds is 1. The van der Waals surface area contributed by atoms with Gasteiger partial charge in [-0.1, -0.05) is 0 Å². The van der Waals surface area contributed by atoms with Crippen molar-refractivity contribution in [3.63, 3.8) is 0 Å². The fourth-order valence-electron chi connectivity index (χ4n) is 1.07. The number of hydrogen-bond acceptors (Lipinski definition) is 3. The molecule has 1 aromatic heterocycles. The number of carbonyl (C=O) groups excluding carboxylic acids is 1. The molecule has 0 unspecified atom stereocenters. The van der Waals surface area contributed by atoms with E-state index in [0.717, 1.165) is 5.52 Å². The first kappa shape index (κ1) is 9.73. The van der Waals surface area contributed by atoms with E-state index < -0.39 is 0 Å². The van der Waals surface area contributed by atoms with Gasteiger partial charge in [-0.25, -0.2) is 9.97 Å². The van der Waals surface area contributed by atoms with E-state index in [2.05, 4.69) is 41.8 Å². The largest absolute Gasteiger partial charge is 0.285 e. The van der Waals surface area contributed by atoms with Crippen LogP contribution in [0.1, 0.15) is 5.56 Å². The van der Waals surface area contributed by atoms with Crippen LogP contribution in [0.3, 0.4) is 0 Å². The predicted octanol–water partition coefficient (Wildman–Crippen LogP) is 2.61. The van der Waals surface area contributed by atoms with Gasteiger partial charge in [-0.05, 0) is 50.1 Å². The summed E-state index contributed by atoms with van der Waals surface area (Å²) in [6.45, 7) is 0. The zero-order valence-corrected chi connectivity index (χ0v) is 9.96. The summed E-state index contributed by atoms with van der Waals surface area (Å²) < 4.78 is 1.26. The molecule has 1 radical (unpaired) electrons. The van der Waals surface area contributed by atoms with Gasteiger partial charge < -0.3 is 0 Å². The lowest BCUT2D eigenvalue weighted by atomic mass is 10.2. The average Bonchev–Trinajstić information content (AvgIpc) is 2.19. The van der Waals surface area contributed by atoms with Crippen molar-refractivity contribution in [2.24, 2.45) is 0 Å². The van der Waals surface area contributed by atoms with Crippen molar-refractivity contribution in [2.45, 2.75) is 0 Å². The molecule has 0 amide bonds. The number of halogens is 2. The van der Waals surface area contributed by atoms with Crippen LogP contribution in [0.2, 0.25) is 0 Å². The van der Waals surface area contributed by atoms with Crippen molar-refractivity contribution in [1.82, 2.24) is 9.97 Å². The van der Waals surface area contributed by atoms with Gasteiger partial charge in [0, 0.05) is 5.56 Å². The maximum Gasteiger partial charge on any atom is 0.233 e. The van der Waals surface area contributed by atoms with E-state index in [4.69, 9.17) is 0 Å². The highest BCUT2D eigenvalue weighted by Gasteiger charge is 2.04. The minimum absolute atomic E-state index is 0.473. The van der Waals surface area contributed by atoms with Crippen molar-refractivity contribution in [3.05, 3.63) is 33.0 Å². The summed E-state index contributed by atoms with van der Waals surface area (Å²) in [5, 5.41) is 0. The molecule has 1 aromatic carbocycles. The van der Waals surface area contributed by atoms with Crippen LogP contribution in [0.25, 0.3) is 11.0 Å². The van der Waals surface area contributed by atoms with E-state index in [1.807, 2.05) is 6.29 Å². The molecule has 0 spiro atoms. The molecule has 0 fully saturated rings. The Labute approximate surface area is 96.8 Å². The molecule has 3 nitrogen and oxygen atoms in total. The third kappa shape index (κ3) is 1.69. The van der Waals surface area contributed by atoms with Crippen molar-refractivity contribution in [1.29, 1.82) is 0 Å². The quantitative estimate of drug-likeness (QED) is 0.812. The van der Waals surface area contributed by atoms with Crippen LogP contribution in [-0.4, -0.2) is 16.3 Å². The smallest absolute Gasteiger partial charge is 0.233 e. The van der Waals surface area contributed by atoms with Crippen molar-refractivity contribution in [2.75, 3.05) is 0 Å². The number of benzene rings is 1. The van der Waals surface area contributed by atoms with Crippen molar-refractivity contribution >= 4 is 49.2 Å². The molecule has 0 saturated heterocycles.